The van der Waals surface area contributed by atoms with Gasteiger partial charge < -0.3 is 14.0 Å². The molecule has 2 aliphatic rings. The quantitative estimate of drug-likeness (QED) is 0.357. The van der Waals surface area contributed by atoms with E-state index in [4.69, 9.17) is 9.47 Å². The van der Waals surface area contributed by atoms with Crippen LogP contribution in [0.2, 0.25) is 0 Å². The highest BCUT2D eigenvalue weighted by Gasteiger charge is 2.34. The summed E-state index contributed by atoms with van der Waals surface area (Å²) in [5.74, 6) is 1.13. The van der Waals surface area contributed by atoms with Gasteiger partial charge in [0.2, 0.25) is 0 Å². The van der Waals surface area contributed by atoms with Crippen molar-refractivity contribution < 1.29 is 18.2 Å². The highest BCUT2D eigenvalue weighted by Crippen LogP contribution is 2.57. The number of hydrogen-bond acceptors (Lipinski definition) is 3. The number of rotatable bonds is 7. The molecule has 6 heteroatoms. The summed E-state index contributed by atoms with van der Waals surface area (Å²) >= 11 is -2.14. The van der Waals surface area contributed by atoms with Crippen LogP contribution in [-0.4, -0.2) is 34.3 Å². The van der Waals surface area contributed by atoms with Crippen molar-refractivity contribution in [3.8, 4) is 22.6 Å². The molecule has 0 aliphatic heterocycles. The molecular weight excluding hydrogens is 439 g/mol. The van der Waals surface area contributed by atoms with Crippen molar-refractivity contribution in [2.45, 2.75) is 80.4 Å². The van der Waals surface area contributed by atoms with Gasteiger partial charge in [0.05, 0.1) is 19.8 Å². The molecule has 0 spiro atoms. The van der Waals surface area contributed by atoms with Crippen LogP contribution in [0.1, 0.15) is 64.2 Å². The van der Waals surface area contributed by atoms with Crippen molar-refractivity contribution >= 4 is 24.3 Å². The first kappa shape index (κ1) is 23.7. The second-order valence-electron chi connectivity index (χ2n) is 8.93. The Morgan fingerprint density at radius 1 is 0.844 bits per heavy atom. The van der Waals surface area contributed by atoms with Crippen LogP contribution in [-0.2, 0) is 11.1 Å². The fraction of sp³-hybridized carbons (Fsp3) is 0.538. The van der Waals surface area contributed by atoms with Crippen LogP contribution in [0.4, 0.5) is 0 Å². The van der Waals surface area contributed by atoms with Gasteiger partial charge in [-0.3, -0.25) is 0 Å². The third-order valence-electron chi connectivity index (χ3n) is 7.08. The normalized spacial score (nSPS) is 19.1. The molecule has 0 bridgehead atoms. The van der Waals surface area contributed by atoms with Gasteiger partial charge in [-0.25, -0.2) is 4.21 Å². The van der Waals surface area contributed by atoms with E-state index in [2.05, 4.69) is 24.3 Å². The third kappa shape index (κ3) is 4.90. The van der Waals surface area contributed by atoms with Crippen LogP contribution in [0.15, 0.2) is 41.3 Å². The van der Waals surface area contributed by atoms with Crippen LogP contribution < -0.4 is 14.8 Å². The Bertz CT molecular complexity index is 917. The van der Waals surface area contributed by atoms with Gasteiger partial charge in [-0.2, -0.15) is 0 Å². The second kappa shape index (κ2) is 11.1. The minimum atomic E-state index is -2.14. The van der Waals surface area contributed by atoms with Crippen molar-refractivity contribution in [3.63, 3.8) is 0 Å². The molecule has 0 heterocycles. The summed E-state index contributed by atoms with van der Waals surface area (Å²) in [5, 5.41) is 1.42. The Labute approximate surface area is 196 Å². The van der Waals surface area contributed by atoms with E-state index in [1.165, 1.54) is 69.5 Å². The molecule has 2 saturated carbocycles. The van der Waals surface area contributed by atoms with E-state index in [-0.39, 0.29) is 12.8 Å². The molecule has 32 heavy (non-hydrogen) atoms. The predicted octanol–water partition coefficient (Wildman–Crippen LogP) is 6.72. The molecule has 0 saturated heterocycles. The van der Waals surface area contributed by atoms with E-state index < -0.39 is 11.1 Å². The van der Waals surface area contributed by atoms with Crippen LogP contribution >= 0.6 is 7.92 Å². The average Bonchev–Trinajstić information content (AvgIpc) is 2.85. The number of hydrogen-bond donors (Lipinski definition) is 1. The first-order chi connectivity index (χ1) is 15.7. The number of benzene rings is 2. The smallest absolute Gasteiger partial charge is 0.190 e. The maximum absolute atomic E-state index is 12.1. The number of methoxy groups -OCH3 is 2. The molecule has 2 aromatic carbocycles. The maximum Gasteiger partial charge on any atom is 0.190 e. The molecule has 0 amide bonds. The fourth-order valence-corrected chi connectivity index (χ4v) is 10.1. The predicted molar refractivity (Wildman–Crippen MR) is 134 cm³/mol. The summed E-state index contributed by atoms with van der Waals surface area (Å²) < 4.78 is 33.5. The SMILES string of the molecule is COc1ccc(S(=O)O)c(OC)c1-c1ccccc1P(C1CCCCC1)C1CCCCC1. The lowest BCUT2D eigenvalue weighted by molar-refractivity contribution is 0.389. The standard InChI is InChI=1S/C26H35O4PS/c1-29-22-17-18-24(32(27)28)26(30-2)25(22)21-15-9-10-16-23(21)31(19-11-5-3-6-12-19)20-13-7-4-8-14-20/h9-10,15-20H,3-8,11-14H2,1-2H3,(H,27,28). The Kier molecular flexibility index (Phi) is 8.26. The molecule has 2 aliphatic carbocycles. The monoisotopic (exact) mass is 474 g/mol. The average molecular weight is 475 g/mol. The summed E-state index contributed by atoms with van der Waals surface area (Å²) in [4.78, 5) is 0.290. The van der Waals surface area contributed by atoms with E-state index in [0.29, 0.717) is 11.5 Å². The van der Waals surface area contributed by atoms with E-state index in [1.807, 2.05) is 0 Å². The van der Waals surface area contributed by atoms with E-state index in [9.17, 15) is 8.76 Å². The van der Waals surface area contributed by atoms with Gasteiger partial charge in [0, 0.05) is 0 Å². The van der Waals surface area contributed by atoms with Gasteiger partial charge >= 0.3 is 0 Å². The maximum atomic E-state index is 12.1. The molecule has 1 N–H and O–H groups in total. The lowest BCUT2D eigenvalue weighted by atomic mass is 9.99. The van der Waals surface area contributed by atoms with Gasteiger partial charge in [0.25, 0.3) is 0 Å². The van der Waals surface area contributed by atoms with Gasteiger partial charge in [-0.05, 0) is 60.0 Å². The van der Waals surface area contributed by atoms with Crippen molar-refractivity contribution in [2.75, 3.05) is 14.2 Å². The summed E-state index contributed by atoms with van der Waals surface area (Å²) in [6.45, 7) is 0. The molecule has 2 aromatic rings. The molecule has 2 fully saturated rings. The Morgan fingerprint density at radius 3 is 1.97 bits per heavy atom. The zero-order valence-corrected chi connectivity index (χ0v) is 20.9. The second-order valence-corrected chi connectivity index (χ2v) is 12.6. The van der Waals surface area contributed by atoms with Crippen molar-refractivity contribution in [1.29, 1.82) is 0 Å². The molecule has 0 aromatic heterocycles. The lowest BCUT2D eigenvalue weighted by Gasteiger charge is -2.39. The van der Waals surface area contributed by atoms with Crippen molar-refractivity contribution in [3.05, 3.63) is 36.4 Å². The third-order valence-corrected chi connectivity index (χ3v) is 11.3. The van der Waals surface area contributed by atoms with Crippen LogP contribution in [0.5, 0.6) is 11.5 Å². The molecular formula is C26H35O4PS. The molecule has 174 valence electrons. The van der Waals surface area contributed by atoms with Gasteiger partial charge in [0.15, 0.2) is 11.1 Å². The van der Waals surface area contributed by atoms with Crippen LogP contribution in [0.25, 0.3) is 11.1 Å². The molecule has 4 rings (SSSR count). The lowest BCUT2D eigenvalue weighted by Crippen LogP contribution is -2.27. The molecule has 1 atom stereocenters. The minimum Gasteiger partial charge on any atom is -0.496 e. The van der Waals surface area contributed by atoms with Crippen LogP contribution in [0, 0.1) is 0 Å². The fourth-order valence-electron chi connectivity index (χ4n) is 5.63. The first-order valence-corrected chi connectivity index (χ1v) is 14.5. The van der Waals surface area contributed by atoms with E-state index in [0.717, 1.165) is 22.4 Å². The van der Waals surface area contributed by atoms with Gasteiger partial charge in [0.1, 0.15) is 16.4 Å². The summed E-state index contributed by atoms with van der Waals surface area (Å²) in [6.07, 6.45) is 13.4. The van der Waals surface area contributed by atoms with Crippen molar-refractivity contribution in [2.24, 2.45) is 0 Å². The van der Waals surface area contributed by atoms with E-state index >= 15 is 0 Å². The molecule has 1 unspecified atom stereocenters. The highest BCUT2D eigenvalue weighted by molar-refractivity contribution is 7.79. The minimum absolute atomic E-state index is 0.290. The molecule has 0 radical (unpaired) electrons. The summed E-state index contributed by atoms with van der Waals surface area (Å²) in [5.41, 5.74) is 3.44. The molecule has 4 nitrogen and oxygen atoms in total. The van der Waals surface area contributed by atoms with Crippen LogP contribution in [0.3, 0.4) is 0 Å². The summed E-state index contributed by atoms with van der Waals surface area (Å²) in [6, 6.07) is 12.1. The summed E-state index contributed by atoms with van der Waals surface area (Å²) in [7, 11) is 2.88. The van der Waals surface area contributed by atoms with E-state index in [1.54, 1.807) is 26.4 Å². The topological polar surface area (TPSA) is 55.8 Å². The zero-order valence-electron chi connectivity index (χ0n) is 19.2. The Hall–Kier alpha value is -1.42. The Balaban J connectivity index is 1.89. The zero-order chi connectivity index (χ0) is 22.5. The van der Waals surface area contributed by atoms with Crippen molar-refractivity contribution in [1.82, 2.24) is 0 Å². The largest absolute Gasteiger partial charge is 0.496 e. The number of ether oxygens (including phenoxy) is 2. The Morgan fingerprint density at radius 2 is 1.44 bits per heavy atom. The van der Waals surface area contributed by atoms with Gasteiger partial charge in [-0.1, -0.05) is 70.7 Å². The van der Waals surface area contributed by atoms with Gasteiger partial charge in [-0.15, -0.1) is 0 Å². The first-order valence-electron chi connectivity index (χ1n) is 11.9. The highest BCUT2D eigenvalue weighted by atomic mass is 32.2.